The average molecular weight is 372 g/mol. The van der Waals surface area contributed by atoms with E-state index in [4.69, 9.17) is 14.2 Å². The summed E-state index contributed by atoms with van der Waals surface area (Å²) in [6.45, 7) is 4.85. The van der Waals surface area contributed by atoms with Gasteiger partial charge in [-0.25, -0.2) is 5.43 Å². The number of nitrogens with one attached hydrogen (secondary N) is 1. The monoisotopic (exact) mass is 372 g/mol. The number of rotatable bonds is 9. The molecule has 2 rings (SSSR count). The highest BCUT2D eigenvalue weighted by atomic mass is 16.5. The van der Waals surface area contributed by atoms with Crippen LogP contribution < -0.4 is 19.6 Å². The summed E-state index contributed by atoms with van der Waals surface area (Å²) in [5.41, 5.74) is 3.53. The lowest BCUT2D eigenvalue weighted by atomic mass is 10.2. The molecule has 0 saturated heterocycles. The van der Waals surface area contributed by atoms with Gasteiger partial charge in [-0.05, 0) is 55.3 Å². The molecular formula is C20H24N2O5. The van der Waals surface area contributed by atoms with Crippen molar-refractivity contribution in [3.63, 3.8) is 0 Å². The molecule has 2 aromatic rings. The molecule has 0 aromatic heterocycles. The number of nitrogens with zero attached hydrogens (tertiary/aromatic N) is 1. The second-order valence-corrected chi connectivity index (χ2v) is 5.57. The van der Waals surface area contributed by atoms with Crippen molar-refractivity contribution in [1.82, 2.24) is 5.43 Å². The van der Waals surface area contributed by atoms with Gasteiger partial charge in [-0.15, -0.1) is 0 Å². The number of hydrazone groups is 1. The highest BCUT2D eigenvalue weighted by Crippen LogP contribution is 2.28. The minimum Gasteiger partial charge on any atom is -0.504 e. The standard InChI is InChI=1S/C20H24N2O5/c1-4-10-27-17-9-7-15(12-19(17)25-3)20(24)22-21-13-14-6-8-16(23)18(11-14)26-5-2/h6-9,11-13,23H,4-5,10H2,1-3H3,(H,22,24)/b21-13+. The van der Waals surface area contributed by atoms with Crippen LogP contribution in [0.4, 0.5) is 0 Å². The van der Waals surface area contributed by atoms with E-state index in [0.717, 1.165) is 6.42 Å². The van der Waals surface area contributed by atoms with Crippen LogP contribution in [0.25, 0.3) is 0 Å². The summed E-state index contributed by atoms with van der Waals surface area (Å²) in [5, 5.41) is 13.6. The summed E-state index contributed by atoms with van der Waals surface area (Å²) in [4.78, 5) is 12.3. The number of carbonyl (C=O) groups is 1. The summed E-state index contributed by atoms with van der Waals surface area (Å²) in [7, 11) is 1.52. The molecule has 0 spiro atoms. The Balaban J connectivity index is 2.04. The van der Waals surface area contributed by atoms with E-state index < -0.39 is 0 Å². The molecule has 0 radical (unpaired) electrons. The fourth-order valence-electron chi connectivity index (χ4n) is 2.25. The van der Waals surface area contributed by atoms with Gasteiger partial charge in [-0.2, -0.15) is 5.10 Å². The van der Waals surface area contributed by atoms with E-state index in [9.17, 15) is 9.90 Å². The van der Waals surface area contributed by atoms with E-state index in [1.54, 1.807) is 30.3 Å². The zero-order valence-corrected chi connectivity index (χ0v) is 15.7. The van der Waals surface area contributed by atoms with Gasteiger partial charge in [0, 0.05) is 5.56 Å². The topological polar surface area (TPSA) is 89.4 Å². The van der Waals surface area contributed by atoms with Crippen molar-refractivity contribution in [3.05, 3.63) is 47.5 Å². The maximum Gasteiger partial charge on any atom is 0.271 e. The molecule has 0 saturated carbocycles. The van der Waals surface area contributed by atoms with Crippen molar-refractivity contribution < 1.29 is 24.1 Å². The third-order valence-electron chi connectivity index (χ3n) is 3.55. The van der Waals surface area contributed by atoms with Crippen molar-refractivity contribution in [2.45, 2.75) is 20.3 Å². The number of hydrogen-bond acceptors (Lipinski definition) is 6. The lowest BCUT2D eigenvalue weighted by Crippen LogP contribution is -2.17. The Morgan fingerprint density at radius 3 is 2.63 bits per heavy atom. The molecule has 2 aromatic carbocycles. The van der Waals surface area contributed by atoms with Crippen molar-refractivity contribution >= 4 is 12.1 Å². The average Bonchev–Trinajstić information content (AvgIpc) is 2.68. The Kier molecular flexibility index (Phi) is 7.49. The van der Waals surface area contributed by atoms with Gasteiger partial charge in [0.05, 0.1) is 26.5 Å². The normalized spacial score (nSPS) is 10.6. The molecule has 0 atom stereocenters. The summed E-state index contributed by atoms with van der Waals surface area (Å²) in [6.07, 6.45) is 2.35. The van der Waals surface area contributed by atoms with E-state index in [2.05, 4.69) is 10.5 Å². The summed E-state index contributed by atoms with van der Waals surface area (Å²) in [5.74, 6) is 1.11. The maximum atomic E-state index is 12.3. The second kappa shape index (κ2) is 10.1. The molecule has 0 unspecified atom stereocenters. The lowest BCUT2D eigenvalue weighted by Gasteiger charge is -2.11. The van der Waals surface area contributed by atoms with Crippen LogP contribution in [0.3, 0.4) is 0 Å². The Hall–Kier alpha value is -3.22. The van der Waals surface area contributed by atoms with Gasteiger partial charge in [0.1, 0.15) is 0 Å². The molecule has 7 heteroatoms. The number of hydrogen-bond donors (Lipinski definition) is 2. The smallest absolute Gasteiger partial charge is 0.271 e. The zero-order chi connectivity index (χ0) is 19.6. The fraction of sp³-hybridized carbons (Fsp3) is 0.300. The van der Waals surface area contributed by atoms with E-state index in [-0.39, 0.29) is 11.7 Å². The van der Waals surface area contributed by atoms with Gasteiger partial charge in [0.2, 0.25) is 0 Å². The van der Waals surface area contributed by atoms with Gasteiger partial charge in [0.25, 0.3) is 5.91 Å². The molecule has 0 aliphatic heterocycles. The second-order valence-electron chi connectivity index (χ2n) is 5.57. The molecule has 27 heavy (non-hydrogen) atoms. The Labute approximate surface area is 158 Å². The van der Waals surface area contributed by atoms with Crippen molar-refractivity contribution in [2.75, 3.05) is 20.3 Å². The summed E-state index contributed by atoms with van der Waals surface area (Å²) < 4.78 is 16.2. The van der Waals surface area contributed by atoms with Crippen LogP contribution in [0, 0.1) is 0 Å². The maximum absolute atomic E-state index is 12.3. The third kappa shape index (κ3) is 5.64. The first kappa shape index (κ1) is 20.1. The number of carbonyl (C=O) groups excluding carboxylic acids is 1. The first-order valence-electron chi connectivity index (χ1n) is 8.69. The van der Waals surface area contributed by atoms with Crippen molar-refractivity contribution in [2.24, 2.45) is 5.10 Å². The molecular weight excluding hydrogens is 348 g/mol. The molecule has 1 amide bonds. The molecule has 7 nitrogen and oxygen atoms in total. The molecule has 0 bridgehead atoms. The van der Waals surface area contributed by atoms with Gasteiger partial charge < -0.3 is 19.3 Å². The zero-order valence-electron chi connectivity index (χ0n) is 15.7. The molecule has 2 N–H and O–H groups in total. The van der Waals surface area contributed by atoms with Gasteiger partial charge in [0.15, 0.2) is 23.0 Å². The molecule has 0 aliphatic rings. The number of methoxy groups -OCH3 is 1. The van der Waals surface area contributed by atoms with Crippen LogP contribution in [-0.4, -0.2) is 37.6 Å². The van der Waals surface area contributed by atoms with Crippen LogP contribution in [0.5, 0.6) is 23.0 Å². The van der Waals surface area contributed by atoms with Crippen LogP contribution in [0.15, 0.2) is 41.5 Å². The SMILES string of the molecule is CCCOc1ccc(C(=O)N/N=C/c2ccc(O)c(OCC)c2)cc1OC. The lowest BCUT2D eigenvalue weighted by molar-refractivity contribution is 0.0954. The van der Waals surface area contributed by atoms with Crippen LogP contribution >= 0.6 is 0 Å². The van der Waals surface area contributed by atoms with E-state index >= 15 is 0 Å². The van der Waals surface area contributed by atoms with E-state index in [1.165, 1.54) is 19.4 Å². The number of phenolic OH excluding ortho intramolecular Hbond substituents is 1. The van der Waals surface area contributed by atoms with Gasteiger partial charge in [-0.3, -0.25) is 4.79 Å². The van der Waals surface area contributed by atoms with Crippen LogP contribution in [-0.2, 0) is 0 Å². The highest BCUT2D eigenvalue weighted by molar-refractivity contribution is 5.95. The largest absolute Gasteiger partial charge is 0.504 e. The molecule has 0 heterocycles. The quantitative estimate of drug-likeness (QED) is 0.520. The number of phenols is 1. The van der Waals surface area contributed by atoms with E-state index in [0.29, 0.717) is 41.6 Å². The summed E-state index contributed by atoms with van der Waals surface area (Å²) >= 11 is 0. The number of benzene rings is 2. The Morgan fingerprint density at radius 1 is 1.11 bits per heavy atom. The number of amides is 1. The third-order valence-corrected chi connectivity index (χ3v) is 3.55. The number of aromatic hydroxyl groups is 1. The number of ether oxygens (including phenoxy) is 3. The van der Waals surface area contributed by atoms with Crippen LogP contribution in [0.1, 0.15) is 36.2 Å². The van der Waals surface area contributed by atoms with Crippen molar-refractivity contribution in [1.29, 1.82) is 0 Å². The first-order chi connectivity index (χ1) is 13.1. The molecule has 0 aliphatic carbocycles. The predicted molar refractivity (Wildman–Crippen MR) is 103 cm³/mol. The minimum absolute atomic E-state index is 0.0514. The predicted octanol–water partition coefficient (Wildman–Crippen LogP) is 3.35. The Bertz CT molecular complexity index is 805. The van der Waals surface area contributed by atoms with Gasteiger partial charge in [-0.1, -0.05) is 6.92 Å². The first-order valence-corrected chi connectivity index (χ1v) is 8.69. The van der Waals surface area contributed by atoms with E-state index in [1.807, 2.05) is 13.8 Å². The minimum atomic E-state index is -0.379. The fourth-order valence-corrected chi connectivity index (χ4v) is 2.25. The summed E-state index contributed by atoms with van der Waals surface area (Å²) in [6, 6.07) is 9.75. The molecule has 0 fully saturated rings. The van der Waals surface area contributed by atoms with Crippen molar-refractivity contribution in [3.8, 4) is 23.0 Å². The van der Waals surface area contributed by atoms with Gasteiger partial charge >= 0.3 is 0 Å². The highest BCUT2D eigenvalue weighted by Gasteiger charge is 2.10. The molecule has 144 valence electrons. The van der Waals surface area contributed by atoms with Crippen LogP contribution in [0.2, 0.25) is 0 Å². The Morgan fingerprint density at radius 2 is 1.93 bits per heavy atom.